The fourth-order valence-electron chi connectivity index (χ4n) is 3.88. The van der Waals surface area contributed by atoms with Gasteiger partial charge in [0.2, 0.25) is 5.91 Å². The van der Waals surface area contributed by atoms with Crippen LogP contribution in [-0.2, 0) is 11.2 Å². The Morgan fingerprint density at radius 1 is 1.11 bits per heavy atom. The molecule has 0 radical (unpaired) electrons. The molecule has 1 saturated carbocycles. The van der Waals surface area contributed by atoms with Gasteiger partial charge in [0.1, 0.15) is 0 Å². The van der Waals surface area contributed by atoms with E-state index in [1.54, 1.807) is 6.20 Å². The predicted molar refractivity (Wildman–Crippen MR) is 108 cm³/mol. The summed E-state index contributed by atoms with van der Waals surface area (Å²) in [5.74, 6) is 1.04. The lowest BCUT2D eigenvalue weighted by Gasteiger charge is -2.40. The van der Waals surface area contributed by atoms with Crippen LogP contribution in [0, 0.1) is 5.92 Å². The van der Waals surface area contributed by atoms with E-state index >= 15 is 0 Å². The first-order valence-electron chi connectivity index (χ1n) is 9.87. The Morgan fingerprint density at radius 3 is 2.59 bits per heavy atom. The van der Waals surface area contributed by atoms with Gasteiger partial charge in [-0.15, -0.1) is 6.58 Å². The van der Waals surface area contributed by atoms with E-state index in [1.165, 1.54) is 18.4 Å². The molecule has 4 rings (SSSR count). The largest absolute Gasteiger partial charge is 0.336 e. The van der Waals surface area contributed by atoms with Gasteiger partial charge in [-0.2, -0.15) is 0 Å². The Balaban J connectivity index is 1.50. The summed E-state index contributed by atoms with van der Waals surface area (Å²) in [4.78, 5) is 21.6. The Labute approximate surface area is 161 Å². The average Bonchev–Trinajstić information content (AvgIpc) is 3.52. The monoisotopic (exact) mass is 361 g/mol. The maximum Gasteiger partial charge on any atom is 0.240 e. The molecule has 2 fully saturated rings. The van der Waals surface area contributed by atoms with Crippen molar-refractivity contribution in [3.63, 3.8) is 0 Å². The number of carbonyl (C=O) groups is 1. The number of aromatic nitrogens is 1. The minimum atomic E-state index is -0.0523. The second kappa shape index (κ2) is 8.05. The van der Waals surface area contributed by atoms with Crippen molar-refractivity contribution in [2.24, 2.45) is 5.92 Å². The standard InChI is InChI=1S/C23H27N3O/c1-2-12-25-13-14-26(17-19-5-6-19)22(23(25)27)15-18-7-9-20(10-8-18)21-4-3-11-24-16-21/h2-4,7-11,16,19,22H,1,5-6,12-15,17H2. The van der Waals surface area contributed by atoms with Gasteiger partial charge in [-0.1, -0.05) is 36.4 Å². The SMILES string of the molecule is C=CCN1CCN(CC2CC2)C(Cc2ccc(-c3cccnc3)cc2)C1=O. The number of rotatable bonds is 7. The number of nitrogens with zero attached hydrogens (tertiary/aromatic N) is 3. The summed E-state index contributed by atoms with van der Waals surface area (Å²) in [6, 6.07) is 12.5. The lowest BCUT2D eigenvalue weighted by Crippen LogP contribution is -2.58. The van der Waals surface area contributed by atoms with Crippen LogP contribution in [0.1, 0.15) is 18.4 Å². The predicted octanol–water partition coefficient (Wildman–Crippen LogP) is 3.40. The second-order valence-electron chi connectivity index (χ2n) is 7.67. The summed E-state index contributed by atoms with van der Waals surface area (Å²) in [7, 11) is 0. The highest BCUT2D eigenvalue weighted by Crippen LogP contribution is 2.31. The van der Waals surface area contributed by atoms with Crippen LogP contribution < -0.4 is 0 Å². The van der Waals surface area contributed by atoms with Gasteiger partial charge in [0.05, 0.1) is 6.04 Å². The van der Waals surface area contributed by atoms with Gasteiger partial charge in [-0.05, 0) is 47.9 Å². The number of amides is 1. The number of piperazine rings is 1. The van der Waals surface area contributed by atoms with Crippen molar-refractivity contribution in [2.45, 2.75) is 25.3 Å². The third kappa shape index (κ3) is 4.28. The van der Waals surface area contributed by atoms with Crippen LogP contribution in [0.2, 0.25) is 0 Å². The Bertz CT molecular complexity index is 783. The summed E-state index contributed by atoms with van der Waals surface area (Å²) in [6.07, 6.45) is 8.89. The van der Waals surface area contributed by atoms with Crippen molar-refractivity contribution in [1.29, 1.82) is 0 Å². The smallest absolute Gasteiger partial charge is 0.240 e. The molecule has 2 heterocycles. The zero-order chi connectivity index (χ0) is 18.6. The molecule has 2 aliphatic rings. The number of carbonyl (C=O) groups excluding carboxylic acids is 1. The summed E-state index contributed by atoms with van der Waals surface area (Å²) in [6.45, 7) is 7.29. The van der Waals surface area contributed by atoms with E-state index in [2.05, 4.69) is 46.8 Å². The molecule has 1 aromatic carbocycles. The Kier molecular flexibility index (Phi) is 5.35. The number of pyridine rings is 1. The van der Waals surface area contributed by atoms with Gasteiger partial charge in [0.25, 0.3) is 0 Å². The van der Waals surface area contributed by atoms with E-state index in [9.17, 15) is 4.79 Å². The van der Waals surface area contributed by atoms with E-state index in [4.69, 9.17) is 0 Å². The molecule has 0 N–H and O–H groups in total. The topological polar surface area (TPSA) is 36.4 Å². The highest BCUT2D eigenvalue weighted by molar-refractivity contribution is 5.83. The van der Waals surface area contributed by atoms with E-state index in [-0.39, 0.29) is 11.9 Å². The van der Waals surface area contributed by atoms with Crippen molar-refractivity contribution >= 4 is 5.91 Å². The van der Waals surface area contributed by atoms with Gasteiger partial charge in [0, 0.05) is 38.6 Å². The number of benzene rings is 1. The molecule has 1 aromatic heterocycles. The Morgan fingerprint density at radius 2 is 1.93 bits per heavy atom. The van der Waals surface area contributed by atoms with Gasteiger partial charge in [-0.3, -0.25) is 14.7 Å². The summed E-state index contributed by atoms with van der Waals surface area (Å²) in [5.41, 5.74) is 3.48. The highest BCUT2D eigenvalue weighted by atomic mass is 16.2. The molecule has 4 nitrogen and oxygen atoms in total. The number of hydrogen-bond acceptors (Lipinski definition) is 3. The fraction of sp³-hybridized carbons (Fsp3) is 0.391. The molecule has 1 unspecified atom stereocenters. The van der Waals surface area contributed by atoms with E-state index < -0.39 is 0 Å². The van der Waals surface area contributed by atoms with Crippen molar-refractivity contribution in [2.75, 3.05) is 26.2 Å². The molecule has 1 aliphatic carbocycles. The molecule has 1 saturated heterocycles. The summed E-state index contributed by atoms with van der Waals surface area (Å²) in [5, 5.41) is 0. The first-order valence-corrected chi connectivity index (χ1v) is 9.87. The average molecular weight is 361 g/mol. The van der Waals surface area contributed by atoms with Crippen LogP contribution in [0.5, 0.6) is 0 Å². The Hall–Kier alpha value is -2.46. The van der Waals surface area contributed by atoms with E-state index in [0.717, 1.165) is 43.1 Å². The van der Waals surface area contributed by atoms with Crippen molar-refractivity contribution < 1.29 is 4.79 Å². The first kappa shape index (κ1) is 17.9. The molecule has 0 bridgehead atoms. The maximum absolute atomic E-state index is 13.0. The zero-order valence-corrected chi connectivity index (χ0v) is 15.8. The maximum atomic E-state index is 13.0. The van der Waals surface area contributed by atoms with Crippen LogP contribution in [-0.4, -0.2) is 52.9 Å². The fourth-order valence-corrected chi connectivity index (χ4v) is 3.88. The minimum Gasteiger partial charge on any atom is -0.336 e. The van der Waals surface area contributed by atoms with Crippen LogP contribution in [0.4, 0.5) is 0 Å². The van der Waals surface area contributed by atoms with Gasteiger partial charge < -0.3 is 4.90 Å². The molecule has 27 heavy (non-hydrogen) atoms. The summed E-state index contributed by atoms with van der Waals surface area (Å²) < 4.78 is 0. The first-order chi connectivity index (χ1) is 13.2. The highest BCUT2D eigenvalue weighted by Gasteiger charge is 2.37. The second-order valence-corrected chi connectivity index (χ2v) is 7.67. The molecule has 2 aromatic rings. The summed E-state index contributed by atoms with van der Waals surface area (Å²) >= 11 is 0. The molecular weight excluding hydrogens is 334 g/mol. The van der Waals surface area contributed by atoms with E-state index in [1.807, 2.05) is 23.2 Å². The van der Waals surface area contributed by atoms with E-state index in [0.29, 0.717) is 6.54 Å². The van der Waals surface area contributed by atoms with Gasteiger partial charge >= 0.3 is 0 Å². The van der Waals surface area contributed by atoms with Crippen LogP contribution in [0.15, 0.2) is 61.4 Å². The van der Waals surface area contributed by atoms with Gasteiger partial charge in [0.15, 0.2) is 0 Å². The lowest BCUT2D eigenvalue weighted by molar-refractivity contribution is -0.141. The lowest BCUT2D eigenvalue weighted by atomic mass is 9.98. The molecule has 1 amide bonds. The normalized spacial score (nSPS) is 20.7. The molecule has 0 spiro atoms. The van der Waals surface area contributed by atoms with Crippen molar-refractivity contribution in [3.05, 3.63) is 67.0 Å². The molecule has 1 atom stereocenters. The van der Waals surface area contributed by atoms with Gasteiger partial charge in [-0.25, -0.2) is 0 Å². The van der Waals surface area contributed by atoms with Crippen molar-refractivity contribution in [3.8, 4) is 11.1 Å². The quantitative estimate of drug-likeness (QED) is 0.709. The van der Waals surface area contributed by atoms with Crippen LogP contribution in [0.25, 0.3) is 11.1 Å². The molecule has 4 heteroatoms. The number of hydrogen-bond donors (Lipinski definition) is 0. The van der Waals surface area contributed by atoms with Crippen molar-refractivity contribution in [1.82, 2.24) is 14.8 Å². The van der Waals surface area contributed by atoms with Crippen LogP contribution >= 0.6 is 0 Å². The molecular formula is C23H27N3O. The minimum absolute atomic E-state index is 0.0523. The van der Waals surface area contributed by atoms with Crippen LogP contribution in [0.3, 0.4) is 0 Å². The molecule has 1 aliphatic heterocycles. The zero-order valence-electron chi connectivity index (χ0n) is 15.8. The third-order valence-corrected chi connectivity index (χ3v) is 5.61. The molecule has 140 valence electrons. The third-order valence-electron chi connectivity index (χ3n) is 5.61.